The summed E-state index contributed by atoms with van der Waals surface area (Å²) >= 11 is 0. The van der Waals surface area contributed by atoms with Crippen LogP contribution in [0.4, 0.5) is 0 Å². The number of nitrogens with zero attached hydrogens (tertiary/aromatic N) is 1. The summed E-state index contributed by atoms with van der Waals surface area (Å²) in [5.74, 6) is 0.541. The number of piperidine rings is 1. The minimum atomic E-state index is -3.13. The van der Waals surface area contributed by atoms with Gasteiger partial charge in [-0.15, -0.1) is 0 Å². The van der Waals surface area contributed by atoms with Crippen LogP contribution in [0.3, 0.4) is 0 Å². The lowest BCUT2D eigenvalue weighted by atomic mass is 9.97. The van der Waals surface area contributed by atoms with Gasteiger partial charge in [-0.25, -0.2) is 12.7 Å². The molecule has 0 aromatic heterocycles. The van der Waals surface area contributed by atoms with E-state index in [1.54, 1.807) is 11.2 Å². The largest absolute Gasteiger partial charge is 0.313 e. The van der Waals surface area contributed by atoms with Gasteiger partial charge in [0.2, 0.25) is 10.0 Å². The lowest BCUT2D eigenvalue weighted by molar-refractivity contribution is 0.259. The number of nitrogens with one attached hydrogen (secondary N) is 1. The molecule has 0 amide bonds. The fourth-order valence-electron chi connectivity index (χ4n) is 2.35. The fraction of sp³-hybridized carbons (Fsp3) is 1.00. The van der Waals surface area contributed by atoms with Crippen LogP contribution in [-0.4, -0.2) is 43.6 Å². The molecule has 1 N–H and O–H groups in total. The summed E-state index contributed by atoms with van der Waals surface area (Å²) in [5.41, 5.74) is 0. The molecule has 1 aliphatic heterocycles. The first-order chi connectivity index (χ1) is 8.37. The highest BCUT2D eigenvalue weighted by atomic mass is 32.2. The van der Waals surface area contributed by atoms with Crippen LogP contribution in [0, 0.1) is 5.92 Å². The van der Waals surface area contributed by atoms with Crippen LogP contribution in [0.1, 0.15) is 47.0 Å². The standard InChI is InChI=1S/C13H28N2O2S/c1-5-13-7-6-8-15(10-13)18(16,17)12(4)9-14-11(2)3/h11-14H,5-10H2,1-4H3. The zero-order valence-corrected chi connectivity index (χ0v) is 13.0. The van der Waals surface area contributed by atoms with Crippen molar-refractivity contribution in [2.24, 2.45) is 5.92 Å². The SMILES string of the molecule is CCC1CCCN(S(=O)(=O)C(C)CNC(C)C)C1. The molecule has 108 valence electrons. The Morgan fingerprint density at radius 1 is 1.33 bits per heavy atom. The molecular weight excluding hydrogens is 248 g/mol. The Labute approximate surface area is 112 Å². The van der Waals surface area contributed by atoms with Crippen LogP contribution in [0.2, 0.25) is 0 Å². The van der Waals surface area contributed by atoms with Crippen molar-refractivity contribution in [1.82, 2.24) is 9.62 Å². The van der Waals surface area contributed by atoms with Gasteiger partial charge in [0.1, 0.15) is 0 Å². The summed E-state index contributed by atoms with van der Waals surface area (Å²) in [6.07, 6.45) is 3.24. The Morgan fingerprint density at radius 2 is 2.00 bits per heavy atom. The molecule has 0 aliphatic carbocycles. The van der Waals surface area contributed by atoms with Crippen molar-refractivity contribution in [1.29, 1.82) is 0 Å². The van der Waals surface area contributed by atoms with Crippen LogP contribution in [0.15, 0.2) is 0 Å². The van der Waals surface area contributed by atoms with Crippen molar-refractivity contribution >= 4 is 10.0 Å². The van der Waals surface area contributed by atoms with Crippen molar-refractivity contribution in [2.45, 2.75) is 58.2 Å². The summed E-state index contributed by atoms with van der Waals surface area (Å²) in [6.45, 7) is 9.97. The molecule has 1 saturated heterocycles. The predicted molar refractivity (Wildman–Crippen MR) is 76.1 cm³/mol. The van der Waals surface area contributed by atoms with Gasteiger partial charge in [0, 0.05) is 25.7 Å². The van der Waals surface area contributed by atoms with Crippen molar-refractivity contribution in [3.8, 4) is 0 Å². The third-order valence-corrected chi connectivity index (χ3v) is 5.98. The Bertz CT molecular complexity index is 341. The molecule has 0 aromatic carbocycles. The molecule has 5 heteroatoms. The summed E-state index contributed by atoms with van der Waals surface area (Å²) in [5, 5.41) is 2.87. The normalized spacial score (nSPS) is 24.4. The highest BCUT2D eigenvalue weighted by molar-refractivity contribution is 7.89. The molecule has 2 atom stereocenters. The van der Waals surface area contributed by atoms with Crippen LogP contribution >= 0.6 is 0 Å². The van der Waals surface area contributed by atoms with Gasteiger partial charge < -0.3 is 5.32 Å². The topological polar surface area (TPSA) is 49.4 Å². The van der Waals surface area contributed by atoms with Crippen molar-refractivity contribution in [2.75, 3.05) is 19.6 Å². The van der Waals surface area contributed by atoms with E-state index in [1.165, 1.54) is 6.42 Å². The molecule has 0 saturated carbocycles. The van der Waals surface area contributed by atoms with Gasteiger partial charge in [-0.2, -0.15) is 0 Å². The van der Waals surface area contributed by atoms with E-state index in [9.17, 15) is 8.42 Å². The smallest absolute Gasteiger partial charge is 0.217 e. The molecule has 1 rings (SSSR count). The Kier molecular flexibility index (Phi) is 6.08. The third-order valence-electron chi connectivity index (χ3n) is 3.74. The number of rotatable bonds is 6. The number of hydrogen-bond donors (Lipinski definition) is 1. The summed E-state index contributed by atoms with van der Waals surface area (Å²) in [4.78, 5) is 0. The van der Waals surface area contributed by atoms with E-state index in [0.717, 1.165) is 12.8 Å². The molecule has 0 spiro atoms. The second kappa shape index (κ2) is 6.87. The molecule has 1 heterocycles. The van der Waals surface area contributed by atoms with E-state index in [1.807, 2.05) is 13.8 Å². The monoisotopic (exact) mass is 276 g/mol. The lowest BCUT2D eigenvalue weighted by Gasteiger charge is -2.33. The number of sulfonamides is 1. The second-order valence-electron chi connectivity index (χ2n) is 5.69. The van der Waals surface area contributed by atoms with Gasteiger partial charge in [0.05, 0.1) is 5.25 Å². The zero-order valence-electron chi connectivity index (χ0n) is 12.1. The van der Waals surface area contributed by atoms with Gasteiger partial charge in [0.15, 0.2) is 0 Å². The molecule has 18 heavy (non-hydrogen) atoms. The Morgan fingerprint density at radius 3 is 2.56 bits per heavy atom. The van der Waals surface area contributed by atoms with Crippen molar-refractivity contribution in [3.63, 3.8) is 0 Å². The maximum Gasteiger partial charge on any atom is 0.217 e. The average molecular weight is 276 g/mol. The minimum absolute atomic E-state index is 0.326. The van der Waals surface area contributed by atoms with E-state index in [0.29, 0.717) is 31.6 Å². The molecule has 1 fully saturated rings. The Hall–Kier alpha value is -0.130. The van der Waals surface area contributed by atoms with Crippen LogP contribution in [0.5, 0.6) is 0 Å². The molecular formula is C13H28N2O2S. The minimum Gasteiger partial charge on any atom is -0.313 e. The van der Waals surface area contributed by atoms with Crippen LogP contribution in [-0.2, 0) is 10.0 Å². The van der Waals surface area contributed by atoms with E-state index >= 15 is 0 Å². The first-order valence-corrected chi connectivity index (χ1v) is 8.60. The van der Waals surface area contributed by atoms with Gasteiger partial charge in [0.25, 0.3) is 0 Å². The molecule has 2 unspecified atom stereocenters. The van der Waals surface area contributed by atoms with Gasteiger partial charge in [-0.05, 0) is 25.7 Å². The molecule has 0 aromatic rings. The first-order valence-electron chi connectivity index (χ1n) is 7.10. The molecule has 1 aliphatic rings. The second-order valence-corrected chi connectivity index (χ2v) is 8.04. The van der Waals surface area contributed by atoms with E-state index in [2.05, 4.69) is 12.2 Å². The van der Waals surface area contributed by atoms with Crippen molar-refractivity contribution < 1.29 is 8.42 Å². The molecule has 4 nitrogen and oxygen atoms in total. The summed E-state index contributed by atoms with van der Waals surface area (Å²) in [6, 6.07) is 0.326. The maximum atomic E-state index is 12.4. The highest BCUT2D eigenvalue weighted by Crippen LogP contribution is 2.23. The first kappa shape index (κ1) is 15.9. The predicted octanol–water partition coefficient (Wildman–Crippen LogP) is 1.82. The quantitative estimate of drug-likeness (QED) is 0.805. The van der Waals surface area contributed by atoms with Gasteiger partial charge >= 0.3 is 0 Å². The molecule has 0 radical (unpaired) electrons. The van der Waals surface area contributed by atoms with E-state index in [-0.39, 0.29) is 5.25 Å². The van der Waals surface area contributed by atoms with E-state index in [4.69, 9.17) is 0 Å². The van der Waals surface area contributed by atoms with Gasteiger partial charge in [-0.3, -0.25) is 0 Å². The highest BCUT2D eigenvalue weighted by Gasteiger charge is 2.32. The summed E-state index contributed by atoms with van der Waals surface area (Å²) < 4.78 is 26.6. The van der Waals surface area contributed by atoms with E-state index < -0.39 is 10.0 Å². The average Bonchev–Trinajstić information content (AvgIpc) is 2.35. The zero-order chi connectivity index (χ0) is 13.8. The Balaban J connectivity index is 2.61. The number of hydrogen-bond acceptors (Lipinski definition) is 3. The van der Waals surface area contributed by atoms with Crippen molar-refractivity contribution in [3.05, 3.63) is 0 Å². The maximum absolute atomic E-state index is 12.4. The van der Waals surface area contributed by atoms with Crippen LogP contribution in [0.25, 0.3) is 0 Å². The lowest BCUT2D eigenvalue weighted by Crippen LogP contribution is -2.47. The van der Waals surface area contributed by atoms with Crippen LogP contribution < -0.4 is 5.32 Å². The summed E-state index contributed by atoms with van der Waals surface area (Å²) in [7, 11) is -3.13. The van der Waals surface area contributed by atoms with Gasteiger partial charge in [-0.1, -0.05) is 27.2 Å². The molecule has 0 bridgehead atoms. The fourth-order valence-corrected chi connectivity index (χ4v) is 3.97. The third kappa shape index (κ3) is 4.21.